The first-order valence-corrected chi connectivity index (χ1v) is 7.74. The summed E-state index contributed by atoms with van der Waals surface area (Å²) >= 11 is 0. The molecule has 2 aromatic rings. The number of hydrogen-bond donors (Lipinski definition) is 2. The Bertz CT molecular complexity index is 629. The molecule has 0 saturated heterocycles. The van der Waals surface area contributed by atoms with Crippen LogP contribution in [0, 0.1) is 5.92 Å². The van der Waals surface area contributed by atoms with Gasteiger partial charge in [-0.2, -0.15) is 0 Å². The average Bonchev–Trinajstić information content (AvgIpc) is 2.53. The van der Waals surface area contributed by atoms with Gasteiger partial charge < -0.3 is 15.8 Å². The summed E-state index contributed by atoms with van der Waals surface area (Å²) in [5.41, 5.74) is 7.41. The van der Waals surface area contributed by atoms with Crippen LogP contribution in [-0.2, 0) is 11.4 Å². The number of pyridine rings is 1. The summed E-state index contributed by atoms with van der Waals surface area (Å²) in [4.78, 5) is 16.3. The number of amides is 1. The number of carbonyl (C=O) groups excluding carboxylic acids is 1. The van der Waals surface area contributed by atoms with Gasteiger partial charge in [0, 0.05) is 18.0 Å². The number of anilines is 1. The lowest BCUT2D eigenvalue weighted by molar-refractivity contribution is -0.117. The van der Waals surface area contributed by atoms with Gasteiger partial charge in [0.2, 0.25) is 5.91 Å². The Kier molecular flexibility index (Phi) is 6.11. The molecule has 0 radical (unpaired) electrons. The minimum Gasteiger partial charge on any atom is -0.487 e. The Hall–Kier alpha value is -2.40. The maximum atomic E-state index is 12.1. The number of rotatable bonds is 7. The molecule has 5 nitrogen and oxygen atoms in total. The van der Waals surface area contributed by atoms with Crippen molar-refractivity contribution >= 4 is 11.6 Å². The Labute approximate surface area is 136 Å². The fourth-order valence-corrected chi connectivity index (χ4v) is 2.15. The minimum absolute atomic E-state index is 0.180. The van der Waals surface area contributed by atoms with Gasteiger partial charge >= 0.3 is 0 Å². The lowest BCUT2D eigenvalue weighted by Crippen LogP contribution is -2.36. The summed E-state index contributed by atoms with van der Waals surface area (Å²) in [6.07, 6.45) is 2.38. The Morgan fingerprint density at radius 2 is 2.09 bits per heavy atom. The zero-order valence-corrected chi connectivity index (χ0v) is 13.5. The van der Waals surface area contributed by atoms with Crippen LogP contribution in [0.2, 0.25) is 0 Å². The lowest BCUT2D eigenvalue weighted by atomic mass is 10.0. The van der Waals surface area contributed by atoms with Gasteiger partial charge in [-0.25, -0.2) is 0 Å². The van der Waals surface area contributed by atoms with Gasteiger partial charge in [-0.05, 0) is 36.6 Å². The molecular formula is C18H23N3O2. The van der Waals surface area contributed by atoms with E-state index in [1.54, 1.807) is 12.3 Å². The van der Waals surface area contributed by atoms with Gasteiger partial charge in [-0.15, -0.1) is 0 Å². The van der Waals surface area contributed by atoms with E-state index in [4.69, 9.17) is 10.5 Å². The van der Waals surface area contributed by atoms with Crippen molar-refractivity contribution in [3.05, 3.63) is 54.4 Å². The first kappa shape index (κ1) is 17.0. The van der Waals surface area contributed by atoms with E-state index in [0.29, 0.717) is 30.4 Å². The van der Waals surface area contributed by atoms with E-state index in [9.17, 15) is 4.79 Å². The monoisotopic (exact) mass is 313 g/mol. The summed E-state index contributed by atoms with van der Waals surface area (Å²) in [5.74, 6) is 0.871. The van der Waals surface area contributed by atoms with E-state index in [-0.39, 0.29) is 5.91 Å². The molecule has 1 amide bonds. The van der Waals surface area contributed by atoms with Crippen molar-refractivity contribution in [2.75, 3.05) is 5.32 Å². The second-order valence-corrected chi connectivity index (χ2v) is 5.86. The predicted octanol–water partition coefficient (Wildman–Crippen LogP) is 2.97. The van der Waals surface area contributed by atoms with E-state index in [1.165, 1.54) is 0 Å². The Balaban J connectivity index is 1.93. The molecule has 0 unspecified atom stereocenters. The first-order chi connectivity index (χ1) is 11.0. The number of nitrogens with two attached hydrogens (primary N) is 1. The van der Waals surface area contributed by atoms with Gasteiger partial charge in [0.15, 0.2) is 0 Å². The van der Waals surface area contributed by atoms with E-state index in [2.05, 4.69) is 10.3 Å². The molecule has 1 aromatic heterocycles. The van der Waals surface area contributed by atoms with Crippen LogP contribution in [0.25, 0.3) is 0 Å². The third kappa shape index (κ3) is 5.71. The van der Waals surface area contributed by atoms with E-state index in [1.807, 2.05) is 50.2 Å². The van der Waals surface area contributed by atoms with Crippen LogP contribution in [-0.4, -0.2) is 16.9 Å². The SMILES string of the molecule is CC(C)C[C@H](N)C(=O)Nc1cccc(OCc2ccccn2)c1. The van der Waals surface area contributed by atoms with Crippen molar-refractivity contribution in [1.29, 1.82) is 0 Å². The Morgan fingerprint density at radius 1 is 1.26 bits per heavy atom. The zero-order valence-electron chi connectivity index (χ0n) is 13.5. The topological polar surface area (TPSA) is 77.2 Å². The van der Waals surface area contributed by atoms with Gasteiger partial charge in [0.1, 0.15) is 12.4 Å². The van der Waals surface area contributed by atoms with Crippen LogP contribution in [0.1, 0.15) is 26.0 Å². The Morgan fingerprint density at radius 3 is 2.78 bits per heavy atom. The molecule has 5 heteroatoms. The van der Waals surface area contributed by atoms with Crippen molar-refractivity contribution in [1.82, 2.24) is 4.98 Å². The zero-order chi connectivity index (χ0) is 16.7. The van der Waals surface area contributed by atoms with Crippen LogP contribution >= 0.6 is 0 Å². The third-order valence-corrected chi connectivity index (χ3v) is 3.28. The predicted molar refractivity (Wildman–Crippen MR) is 91.1 cm³/mol. The summed E-state index contributed by atoms with van der Waals surface area (Å²) in [6.45, 7) is 4.46. The van der Waals surface area contributed by atoms with Crippen LogP contribution < -0.4 is 15.8 Å². The lowest BCUT2D eigenvalue weighted by Gasteiger charge is -2.14. The van der Waals surface area contributed by atoms with Crippen molar-refractivity contribution in [2.24, 2.45) is 11.7 Å². The highest BCUT2D eigenvalue weighted by Gasteiger charge is 2.15. The number of benzene rings is 1. The molecule has 0 fully saturated rings. The number of ether oxygens (including phenoxy) is 1. The van der Waals surface area contributed by atoms with Gasteiger partial charge in [0.05, 0.1) is 11.7 Å². The van der Waals surface area contributed by atoms with E-state index >= 15 is 0 Å². The van der Waals surface area contributed by atoms with Gasteiger partial charge in [-0.1, -0.05) is 26.0 Å². The molecule has 122 valence electrons. The van der Waals surface area contributed by atoms with Gasteiger partial charge in [-0.3, -0.25) is 9.78 Å². The van der Waals surface area contributed by atoms with E-state index < -0.39 is 6.04 Å². The second-order valence-electron chi connectivity index (χ2n) is 5.86. The number of aromatic nitrogens is 1. The molecule has 0 spiro atoms. The van der Waals surface area contributed by atoms with Crippen LogP contribution in [0.15, 0.2) is 48.7 Å². The fraction of sp³-hybridized carbons (Fsp3) is 0.333. The molecule has 2 rings (SSSR count). The highest BCUT2D eigenvalue weighted by Crippen LogP contribution is 2.19. The molecule has 23 heavy (non-hydrogen) atoms. The van der Waals surface area contributed by atoms with Crippen LogP contribution in [0.5, 0.6) is 5.75 Å². The van der Waals surface area contributed by atoms with Crippen LogP contribution in [0.3, 0.4) is 0 Å². The average molecular weight is 313 g/mol. The van der Waals surface area contributed by atoms with Crippen molar-refractivity contribution < 1.29 is 9.53 Å². The number of hydrogen-bond acceptors (Lipinski definition) is 4. The molecule has 0 aliphatic carbocycles. The molecule has 1 heterocycles. The van der Waals surface area contributed by atoms with E-state index in [0.717, 1.165) is 5.69 Å². The summed E-state index contributed by atoms with van der Waals surface area (Å²) in [7, 11) is 0. The second kappa shape index (κ2) is 8.29. The quantitative estimate of drug-likeness (QED) is 0.824. The number of nitrogens with zero attached hydrogens (tertiary/aromatic N) is 1. The largest absolute Gasteiger partial charge is 0.487 e. The maximum absolute atomic E-state index is 12.1. The smallest absolute Gasteiger partial charge is 0.241 e. The molecule has 0 saturated carbocycles. The molecule has 1 aromatic carbocycles. The summed E-state index contributed by atoms with van der Waals surface area (Å²) in [6, 6.07) is 12.4. The molecule has 0 bridgehead atoms. The highest BCUT2D eigenvalue weighted by atomic mass is 16.5. The standard InChI is InChI=1S/C18H23N3O2/c1-13(2)10-17(19)18(22)21-14-7-5-8-16(11-14)23-12-15-6-3-4-9-20-15/h3-9,11,13,17H,10,12,19H2,1-2H3,(H,21,22)/t17-/m0/s1. The maximum Gasteiger partial charge on any atom is 0.241 e. The van der Waals surface area contributed by atoms with Crippen LogP contribution in [0.4, 0.5) is 5.69 Å². The minimum atomic E-state index is -0.506. The summed E-state index contributed by atoms with van der Waals surface area (Å²) in [5, 5.41) is 2.83. The van der Waals surface area contributed by atoms with Crippen molar-refractivity contribution in [3.8, 4) is 5.75 Å². The number of nitrogens with one attached hydrogen (secondary N) is 1. The normalized spacial score (nSPS) is 12.0. The molecule has 3 N–H and O–H groups in total. The highest BCUT2D eigenvalue weighted by molar-refractivity contribution is 5.94. The first-order valence-electron chi connectivity index (χ1n) is 7.74. The fourth-order valence-electron chi connectivity index (χ4n) is 2.15. The third-order valence-electron chi connectivity index (χ3n) is 3.28. The van der Waals surface area contributed by atoms with Gasteiger partial charge in [0.25, 0.3) is 0 Å². The molecule has 0 aliphatic rings. The molecular weight excluding hydrogens is 290 g/mol. The summed E-state index contributed by atoms with van der Waals surface area (Å²) < 4.78 is 5.69. The molecule has 1 atom stereocenters. The van der Waals surface area contributed by atoms with Crippen molar-refractivity contribution in [2.45, 2.75) is 32.9 Å². The molecule has 0 aliphatic heterocycles. The number of carbonyl (C=O) groups is 1. The van der Waals surface area contributed by atoms with Crippen molar-refractivity contribution in [3.63, 3.8) is 0 Å².